The molecule has 6 unspecified atom stereocenters. The number of aliphatic hydroxyl groups excluding tert-OH is 4. The molecular formula is C12H21NO8. The predicted molar refractivity (Wildman–Crippen MR) is 68.2 cm³/mol. The summed E-state index contributed by atoms with van der Waals surface area (Å²) in [6, 6.07) is -1.11. The molecule has 1 amide bonds. The highest BCUT2D eigenvalue weighted by Crippen LogP contribution is 2.31. The molecule has 0 aromatic carbocycles. The Morgan fingerprint density at radius 1 is 1.43 bits per heavy atom. The van der Waals surface area contributed by atoms with Crippen molar-refractivity contribution in [1.29, 1.82) is 0 Å². The molecule has 1 fully saturated rings. The van der Waals surface area contributed by atoms with Gasteiger partial charge in [-0.2, -0.15) is 0 Å². The lowest BCUT2D eigenvalue weighted by atomic mass is 9.84. The third kappa shape index (κ3) is 3.89. The van der Waals surface area contributed by atoms with Crippen molar-refractivity contribution in [2.45, 2.75) is 56.3 Å². The maximum atomic E-state index is 11.2. The van der Waals surface area contributed by atoms with Crippen LogP contribution in [0.4, 0.5) is 0 Å². The quantitative estimate of drug-likeness (QED) is 0.318. The zero-order valence-electron chi connectivity index (χ0n) is 11.8. The summed E-state index contributed by atoms with van der Waals surface area (Å²) in [4.78, 5) is 22.4. The van der Waals surface area contributed by atoms with Crippen LogP contribution in [-0.2, 0) is 14.3 Å². The second-order valence-corrected chi connectivity index (χ2v) is 5.36. The standard InChI is InChI=1S/C12H21NO8/c1-5(15)13-8-6(16)3-12(2,11(19)20)21-10(8)9(18)7(17)4-14/h6-10,14,16-18H,3-4H2,1-2H3,(H,13,15)(H,19,20). The molecule has 0 aliphatic carbocycles. The van der Waals surface area contributed by atoms with E-state index in [1.807, 2.05) is 0 Å². The lowest BCUT2D eigenvalue weighted by Gasteiger charge is -2.45. The molecule has 21 heavy (non-hydrogen) atoms. The number of aliphatic hydroxyl groups is 4. The largest absolute Gasteiger partial charge is 0.479 e. The van der Waals surface area contributed by atoms with Crippen LogP contribution in [0.25, 0.3) is 0 Å². The summed E-state index contributed by atoms with van der Waals surface area (Å²) in [6.07, 6.45) is -6.27. The van der Waals surface area contributed by atoms with E-state index < -0.39 is 54.5 Å². The van der Waals surface area contributed by atoms with Crippen LogP contribution in [0.1, 0.15) is 20.3 Å². The molecule has 0 bridgehead atoms. The second-order valence-electron chi connectivity index (χ2n) is 5.36. The van der Waals surface area contributed by atoms with Crippen molar-refractivity contribution < 1.29 is 39.9 Å². The first-order valence-corrected chi connectivity index (χ1v) is 6.45. The van der Waals surface area contributed by atoms with E-state index in [1.165, 1.54) is 13.8 Å². The first-order chi connectivity index (χ1) is 9.62. The van der Waals surface area contributed by atoms with Crippen LogP contribution in [0.15, 0.2) is 0 Å². The Morgan fingerprint density at radius 2 is 2.00 bits per heavy atom. The molecule has 0 spiro atoms. The van der Waals surface area contributed by atoms with Crippen molar-refractivity contribution in [3.8, 4) is 0 Å². The number of aliphatic carboxylic acids is 1. The van der Waals surface area contributed by atoms with Gasteiger partial charge in [0.2, 0.25) is 5.91 Å². The SMILES string of the molecule is CC(=O)NC1C(O)CC(C)(C(=O)O)OC1C(O)C(O)CO. The Morgan fingerprint density at radius 3 is 2.43 bits per heavy atom. The molecule has 1 heterocycles. The molecule has 1 aliphatic rings. The van der Waals surface area contributed by atoms with Crippen LogP contribution in [0.2, 0.25) is 0 Å². The van der Waals surface area contributed by atoms with Crippen LogP contribution < -0.4 is 5.32 Å². The molecule has 0 saturated carbocycles. The summed E-state index contributed by atoms with van der Waals surface area (Å²) < 4.78 is 5.31. The number of ether oxygens (including phenoxy) is 1. The van der Waals surface area contributed by atoms with Gasteiger partial charge in [-0.05, 0) is 6.92 Å². The fourth-order valence-corrected chi connectivity index (χ4v) is 2.33. The van der Waals surface area contributed by atoms with E-state index in [-0.39, 0.29) is 6.42 Å². The number of carbonyl (C=O) groups excluding carboxylic acids is 1. The molecule has 1 saturated heterocycles. The first-order valence-electron chi connectivity index (χ1n) is 6.45. The van der Waals surface area contributed by atoms with E-state index in [4.69, 9.17) is 14.9 Å². The van der Waals surface area contributed by atoms with Crippen LogP contribution >= 0.6 is 0 Å². The number of carbonyl (C=O) groups is 2. The van der Waals surface area contributed by atoms with Crippen molar-refractivity contribution in [2.75, 3.05) is 6.61 Å². The van der Waals surface area contributed by atoms with Crippen molar-refractivity contribution in [3.63, 3.8) is 0 Å². The summed E-state index contributed by atoms with van der Waals surface area (Å²) in [5.74, 6) is -1.87. The zero-order chi connectivity index (χ0) is 16.4. The second kappa shape index (κ2) is 6.67. The normalized spacial score (nSPS) is 35.8. The van der Waals surface area contributed by atoms with Crippen molar-refractivity contribution in [2.24, 2.45) is 0 Å². The van der Waals surface area contributed by atoms with Gasteiger partial charge >= 0.3 is 5.97 Å². The lowest BCUT2D eigenvalue weighted by molar-refractivity contribution is -0.224. The van der Waals surface area contributed by atoms with E-state index in [1.54, 1.807) is 0 Å². The van der Waals surface area contributed by atoms with E-state index in [2.05, 4.69) is 5.32 Å². The Kier molecular flexibility index (Phi) is 5.65. The fraction of sp³-hybridized carbons (Fsp3) is 0.833. The molecular weight excluding hydrogens is 286 g/mol. The Labute approximate surface area is 121 Å². The average Bonchev–Trinajstić information content (AvgIpc) is 2.39. The van der Waals surface area contributed by atoms with Crippen LogP contribution in [0.5, 0.6) is 0 Å². The monoisotopic (exact) mass is 307 g/mol. The first kappa shape index (κ1) is 17.8. The summed E-state index contributed by atoms with van der Waals surface area (Å²) in [5, 5.41) is 49.9. The van der Waals surface area contributed by atoms with Crippen molar-refractivity contribution in [3.05, 3.63) is 0 Å². The third-order valence-corrected chi connectivity index (χ3v) is 3.50. The van der Waals surface area contributed by atoms with Gasteiger partial charge in [-0.15, -0.1) is 0 Å². The van der Waals surface area contributed by atoms with Crippen molar-refractivity contribution >= 4 is 11.9 Å². The maximum absolute atomic E-state index is 11.2. The van der Waals surface area contributed by atoms with Crippen LogP contribution in [0, 0.1) is 0 Å². The molecule has 122 valence electrons. The number of hydrogen-bond acceptors (Lipinski definition) is 7. The summed E-state index contributed by atoms with van der Waals surface area (Å²) in [6.45, 7) is 1.62. The molecule has 9 heteroatoms. The molecule has 9 nitrogen and oxygen atoms in total. The van der Waals surface area contributed by atoms with Gasteiger partial charge in [0.15, 0.2) is 5.60 Å². The van der Waals surface area contributed by atoms with Gasteiger partial charge in [0, 0.05) is 13.3 Å². The number of rotatable bonds is 5. The minimum absolute atomic E-state index is 0.300. The number of carboxylic acid groups (broad SMARTS) is 1. The Bertz CT molecular complexity index is 403. The van der Waals surface area contributed by atoms with E-state index >= 15 is 0 Å². The van der Waals surface area contributed by atoms with Gasteiger partial charge in [0.25, 0.3) is 0 Å². The molecule has 1 aliphatic heterocycles. The molecule has 1 rings (SSSR count). The lowest BCUT2D eigenvalue weighted by Crippen LogP contribution is -2.66. The summed E-state index contributed by atoms with van der Waals surface area (Å²) in [7, 11) is 0. The highest BCUT2D eigenvalue weighted by Gasteiger charge is 2.51. The number of nitrogens with one attached hydrogen (secondary N) is 1. The van der Waals surface area contributed by atoms with Gasteiger partial charge in [-0.1, -0.05) is 0 Å². The van der Waals surface area contributed by atoms with Gasteiger partial charge in [-0.3, -0.25) is 4.79 Å². The molecule has 6 atom stereocenters. The molecule has 0 aromatic rings. The van der Waals surface area contributed by atoms with Crippen LogP contribution in [-0.4, -0.2) is 80.1 Å². The topological polar surface area (TPSA) is 157 Å². The molecule has 0 radical (unpaired) electrons. The van der Waals surface area contributed by atoms with Gasteiger partial charge in [-0.25, -0.2) is 4.79 Å². The summed E-state index contributed by atoms with van der Waals surface area (Å²) >= 11 is 0. The number of carboxylic acids is 1. The fourth-order valence-electron chi connectivity index (χ4n) is 2.33. The number of hydrogen-bond donors (Lipinski definition) is 6. The smallest absolute Gasteiger partial charge is 0.335 e. The summed E-state index contributed by atoms with van der Waals surface area (Å²) in [5.41, 5.74) is -1.78. The van der Waals surface area contributed by atoms with E-state index in [0.29, 0.717) is 0 Å². The number of amides is 1. The minimum atomic E-state index is -1.78. The van der Waals surface area contributed by atoms with Crippen molar-refractivity contribution in [1.82, 2.24) is 5.32 Å². The van der Waals surface area contributed by atoms with Gasteiger partial charge < -0.3 is 35.6 Å². The van der Waals surface area contributed by atoms with E-state index in [0.717, 1.165) is 0 Å². The zero-order valence-corrected chi connectivity index (χ0v) is 11.8. The Balaban J connectivity index is 3.07. The maximum Gasteiger partial charge on any atom is 0.335 e. The average molecular weight is 307 g/mol. The predicted octanol–water partition coefficient (Wildman–Crippen LogP) is -2.80. The Hall–Kier alpha value is -1.26. The third-order valence-electron chi connectivity index (χ3n) is 3.50. The molecule has 6 N–H and O–H groups in total. The minimum Gasteiger partial charge on any atom is -0.479 e. The highest BCUT2D eigenvalue weighted by atomic mass is 16.6. The van der Waals surface area contributed by atoms with Gasteiger partial charge in [0.05, 0.1) is 18.8 Å². The van der Waals surface area contributed by atoms with E-state index in [9.17, 15) is 24.9 Å². The van der Waals surface area contributed by atoms with Gasteiger partial charge in [0.1, 0.15) is 18.3 Å². The van der Waals surface area contributed by atoms with Crippen LogP contribution in [0.3, 0.4) is 0 Å². The highest BCUT2D eigenvalue weighted by molar-refractivity contribution is 5.77. The molecule has 0 aromatic heterocycles.